The van der Waals surface area contributed by atoms with Crippen molar-refractivity contribution in [2.24, 2.45) is 0 Å². The monoisotopic (exact) mass is 258 g/mol. The van der Waals surface area contributed by atoms with E-state index in [1.54, 1.807) is 19.9 Å². The Bertz CT molecular complexity index is 409. The number of halogens is 1. The van der Waals surface area contributed by atoms with Crippen LogP contribution >= 0.6 is 11.6 Å². The molecule has 1 aromatic rings. The zero-order valence-corrected chi connectivity index (χ0v) is 10.5. The van der Waals surface area contributed by atoms with E-state index in [0.717, 1.165) is 0 Å². The molecule has 0 aromatic heterocycles. The Hall–Kier alpha value is -1.26. The fraction of sp³-hybridized carbons (Fsp3) is 0.417. The van der Waals surface area contributed by atoms with Crippen LogP contribution in [0.3, 0.4) is 0 Å². The second-order valence-electron chi connectivity index (χ2n) is 4.36. The number of hydrogen-bond donors (Lipinski definition) is 2. The van der Waals surface area contributed by atoms with Gasteiger partial charge in [-0.15, -0.1) is 0 Å². The molecule has 0 saturated carbocycles. The van der Waals surface area contributed by atoms with Crippen molar-refractivity contribution in [2.45, 2.75) is 25.9 Å². The van der Waals surface area contributed by atoms with E-state index in [0.29, 0.717) is 11.4 Å². The van der Waals surface area contributed by atoms with Crippen LogP contribution in [-0.4, -0.2) is 28.4 Å². The van der Waals surface area contributed by atoms with Gasteiger partial charge in [0.15, 0.2) is 0 Å². The van der Waals surface area contributed by atoms with Crippen molar-refractivity contribution in [3.8, 4) is 5.75 Å². The highest BCUT2D eigenvalue weighted by Crippen LogP contribution is 2.23. The normalized spacial score (nSPS) is 11.3. The maximum absolute atomic E-state index is 10.9. The summed E-state index contributed by atoms with van der Waals surface area (Å²) in [5.41, 5.74) is -0.816. The van der Waals surface area contributed by atoms with Crippen molar-refractivity contribution in [3.05, 3.63) is 28.8 Å². The van der Waals surface area contributed by atoms with Crippen molar-refractivity contribution in [3.63, 3.8) is 0 Å². The second-order valence-corrected chi connectivity index (χ2v) is 4.79. The van der Waals surface area contributed by atoms with Crippen LogP contribution in [0.4, 0.5) is 0 Å². The average Bonchev–Trinajstić information content (AvgIpc) is 2.18. The van der Waals surface area contributed by atoms with Gasteiger partial charge in [0.1, 0.15) is 11.3 Å². The van der Waals surface area contributed by atoms with E-state index >= 15 is 0 Å². The lowest BCUT2D eigenvalue weighted by atomic mass is 10.1. The number of benzene rings is 1. The van der Waals surface area contributed by atoms with Gasteiger partial charge < -0.3 is 14.9 Å². The number of carboxylic acids is 1. The van der Waals surface area contributed by atoms with Crippen LogP contribution < -0.4 is 4.74 Å². The van der Waals surface area contributed by atoms with Gasteiger partial charge in [-0.2, -0.15) is 0 Å². The van der Waals surface area contributed by atoms with Gasteiger partial charge in [0, 0.05) is 11.4 Å². The van der Waals surface area contributed by atoms with Crippen LogP contribution in [0.1, 0.15) is 30.6 Å². The van der Waals surface area contributed by atoms with E-state index < -0.39 is 11.6 Å². The van der Waals surface area contributed by atoms with Crippen LogP contribution in [0, 0.1) is 0 Å². The number of aromatic carboxylic acids is 1. The maximum atomic E-state index is 10.9. The van der Waals surface area contributed by atoms with Gasteiger partial charge in [-0.1, -0.05) is 11.6 Å². The number of rotatable bonds is 5. The molecule has 0 atom stereocenters. The third-order valence-corrected chi connectivity index (χ3v) is 2.38. The molecule has 0 unspecified atom stereocenters. The molecule has 0 aliphatic heterocycles. The molecule has 0 fully saturated rings. The van der Waals surface area contributed by atoms with Crippen LogP contribution in [-0.2, 0) is 0 Å². The van der Waals surface area contributed by atoms with E-state index in [1.165, 1.54) is 12.1 Å². The molecule has 0 aliphatic rings. The van der Waals surface area contributed by atoms with E-state index in [1.807, 2.05) is 0 Å². The molecule has 4 nitrogen and oxygen atoms in total. The van der Waals surface area contributed by atoms with Gasteiger partial charge in [0.2, 0.25) is 0 Å². The molecule has 0 amide bonds. The predicted octanol–water partition coefficient (Wildman–Crippen LogP) is 2.58. The number of aliphatic hydroxyl groups is 1. The lowest BCUT2D eigenvalue weighted by molar-refractivity contribution is 0.0548. The first-order chi connectivity index (χ1) is 7.79. The quantitative estimate of drug-likeness (QED) is 0.852. The van der Waals surface area contributed by atoms with E-state index in [-0.39, 0.29) is 17.9 Å². The third-order valence-electron chi connectivity index (χ3n) is 2.14. The van der Waals surface area contributed by atoms with Crippen molar-refractivity contribution < 1.29 is 19.7 Å². The molecule has 0 bridgehead atoms. The molecule has 5 heteroatoms. The minimum absolute atomic E-state index is 0.0215. The zero-order chi connectivity index (χ0) is 13.1. The zero-order valence-electron chi connectivity index (χ0n) is 9.74. The van der Waals surface area contributed by atoms with E-state index in [4.69, 9.17) is 21.4 Å². The standard InChI is InChI=1S/C12H15ClO4/c1-12(2,16)5-6-17-10-4-3-8(13)7-9(10)11(14)15/h3-4,7,16H,5-6H2,1-2H3,(H,14,15). The summed E-state index contributed by atoms with van der Waals surface area (Å²) in [7, 11) is 0. The van der Waals surface area contributed by atoms with Crippen LogP contribution in [0.15, 0.2) is 18.2 Å². The molecule has 1 aromatic carbocycles. The van der Waals surface area contributed by atoms with Crippen molar-refractivity contribution in [1.29, 1.82) is 0 Å². The lowest BCUT2D eigenvalue weighted by Gasteiger charge is -2.17. The summed E-state index contributed by atoms with van der Waals surface area (Å²) in [6, 6.07) is 4.41. The molecule has 94 valence electrons. The van der Waals surface area contributed by atoms with Gasteiger partial charge in [-0.3, -0.25) is 0 Å². The summed E-state index contributed by atoms with van der Waals surface area (Å²) in [5.74, 6) is -0.836. The first-order valence-electron chi connectivity index (χ1n) is 5.17. The van der Waals surface area contributed by atoms with Crippen LogP contribution in [0.2, 0.25) is 5.02 Å². The van der Waals surface area contributed by atoms with Gasteiger partial charge in [-0.25, -0.2) is 4.79 Å². The summed E-state index contributed by atoms with van der Waals surface area (Å²) in [6.07, 6.45) is 0.411. The molecule has 17 heavy (non-hydrogen) atoms. The summed E-state index contributed by atoms with van der Waals surface area (Å²) in [6.45, 7) is 3.57. The Morgan fingerprint density at radius 2 is 2.12 bits per heavy atom. The minimum Gasteiger partial charge on any atom is -0.493 e. The second kappa shape index (κ2) is 5.38. The lowest BCUT2D eigenvalue weighted by Crippen LogP contribution is -2.22. The largest absolute Gasteiger partial charge is 0.493 e. The SMILES string of the molecule is CC(C)(O)CCOc1ccc(Cl)cc1C(=O)O. The highest BCUT2D eigenvalue weighted by atomic mass is 35.5. The summed E-state index contributed by atoms with van der Waals surface area (Å²) >= 11 is 5.71. The fourth-order valence-corrected chi connectivity index (χ4v) is 1.38. The molecule has 0 spiro atoms. The molecule has 0 saturated heterocycles. The molecule has 0 heterocycles. The summed E-state index contributed by atoms with van der Waals surface area (Å²) < 4.78 is 5.33. The predicted molar refractivity (Wildman–Crippen MR) is 64.8 cm³/mol. The van der Waals surface area contributed by atoms with Crippen molar-refractivity contribution in [1.82, 2.24) is 0 Å². The van der Waals surface area contributed by atoms with Gasteiger partial charge in [0.05, 0.1) is 12.2 Å². The first kappa shape index (κ1) is 13.8. The first-order valence-corrected chi connectivity index (χ1v) is 5.55. The Morgan fingerprint density at radius 1 is 1.47 bits per heavy atom. The Balaban J connectivity index is 2.74. The number of ether oxygens (including phenoxy) is 1. The number of hydrogen-bond acceptors (Lipinski definition) is 3. The number of carboxylic acid groups (broad SMARTS) is 1. The Morgan fingerprint density at radius 3 is 2.65 bits per heavy atom. The van der Waals surface area contributed by atoms with Gasteiger partial charge in [-0.05, 0) is 32.0 Å². The highest BCUT2D eigenvalue weighted by molar-refractivity contribution is 6.31. The van der Waals surface area contributed by atoms with Crippen LogP contribution in [0.5, 0.6) is 5.75 Å². The molecular formula is C12H15ClO4. The van der Waals surface area contributed by atoms with E-state index in [2.05, 4.69) is 0 Å². The molecule has 1 rings (SSSR count). The van der Waals surface area contributed by atoms with E-state index in [9.17, 15) is 9.90 Å². The third kappa shape index (κ3) is 4.63. The molecular weight excluding hydrogens is 244 g/mol. The summed E-state index contributed by atoms with van der Waals surface area (Å²) in [4.78, 5) is 10.9. The molecule has 2 N–H and O–H groups in total. The minimum atomic E-state index is -1.09. The Labute approximate surface area is 105 Å². The van der Waals surface area contributed by atoms with Gasteiger partial charge in [0.25, 0.3) is 0 Å². The fourth-order valence-electron chi connectivity index (χ4n) is 1.21. The van der Waals surface area contributed by atoms with Crippen LogP contribution in [0.25, 0.3) is 0 Å². The maximum Gasteiger partial charge on any atom is 0.339 e. The topological polar surface area (TPSA) is 66.8 Å². The average molecular weight is 259 g/mol. The molecule has 0 aliphatic carbocycles. The number of carbonyl (C=O) groups is 1. The van der Waals surface area contributed by atoms with Crippen molar-refractivity contribution >= 4 is 17.6 Å². The Kier molecular flexibility index (Phi) is 4.37. The highest BCUT2D eigenvalue weighted by Gasteiger charge is 2.15. The summed E-state index contributed by atoms with van der Waals surface area (Å²) in [5, 5.41) is 18.8. The van der Waals surface area contributed by atoms with Gasteiger partial charge >= 0.3 is 5.97 Å². The molecule has 0 radical (unpaired) electrons. The smallest absolute Gasteiger partial charge is 0.339 e. The van der Waals surface area contributed by atoms with Crippen molar-refractivity contribution in [2.75, 3.05) is 6.61 Å².